The fourth-order valence-corrected chi connectivity index (χ4v) is 4.28. The summed E-state index contributed by atoms with van der Waals surface area (Å²) >= 11 is 13.6. The van der Waals surface area contributed by atoms with Crippen molar-refractivity contribution in [2.45, 2.75) is 20.8 Å². The van der Waals surface area contributed by atoms with Crippen LogP contribution < -0.4 is 15.0 Å². The van der Waals surface area contributed by atoms with E-state index in [1.807, 2.05) is 6.07 Å². The van der Waals surface area contributed by atoms with Crippen LogP contribution in [0.4, 0.5) is 22.2 Å². The zero-order valence-electron chi connectivity index (χ0n) is 17.0. The number of halogens is 2. The van der Waals surface area contributed by atoms with Gasteiger partial charge in [-0.3, -0.25) is 4.79 Å². The fourth-order valence-electron chi connectivity index (χ4n) is 2.97. The Morgan fingerprint density at radius 3 is 2.60 bits per heavy atom. The molecule has 0 aliphatic rings. The molecule has 0 atom stereocenters. The Morgan fingerprint density at radius 2 is 1.97 bits per heavy atom. The fraction of sp³-hybridized carbons (Fsp3) is 0.300. The Bertz CT molecular complexity index is 1110. The molecule has 1 heterocycles. The monoisotopic (exact) mass is 465 g/mol. The first-order valence-corrected chi connectivity index (χ1v) is 10.9. The van der Waals surface area contributed by atoms with Gasteiger partial charge in [-0.15, -0.1) is 10.2 Å². The highest BCUT2D eigenvalue weighted by molar-refractivity contribution is 7.22. The van der Waals surface area contributed by atoms with Gasteiger partial charge in [0, 0.05) is 26.1 Å². The molecule has 0 radical (unpaired) electrons. The molecule has 0 fully saturated rings. The molecule has 1 amide bonds. The third kappa shape index (κ3) is 4.66. The topological polar surface area (TPSA) is 79.2 Å². The number of aromatic nitrogens is 1. The summed E-state index contributed by atoms with van der Waals surface area (Å²) in [5.74, 6) is 0.435. The summed E-state index contributed by atoms with van der Waals surface area (Å²) in [4.78, 5) is 18.3. The number of hydrogen-bond acceptors (Lipinski definition) is 7. The second-order valence-electron chi connectivity index (χ2n) is 6.30. The molecule has 30 heavy (non-hydrogen) atoms. The van der Waals surface area contributed by atoms with Crippen molar-refractivity contribution < 1.29 is 9.53 Å². The number of carbonyl (C=O) groups is 1. The van der Waals surface area contributed by atoms with Gasteiger partial charge in [-0.05, 0) is 32.0 Å². The lowest BCUT2D eigenvalue weighted by molar-refractivity contribution is -0.114. The van der Waals surface area contributed by atoms with E-state index in [1.54, 1.807) is 25.3 Å². The van der Waals surface area contributed by atoms with Crippen LogP contribution in [0.1, 0.15) is 20.8 Å². The van der Waals surface area contributed by atoms with Crippen LogP contribution in [0.25, 0.3) is 10.2 Å². The summed E-state index contributed by atoms with van der Waals surface area (Å²) in [5, 5.41) is 12.7. The standard InChI is InChI=1S/C20H21Cl2N5O2S/c1-5-27(6-2)16-9-14(23-11(3)28)15(10-17(16)29-4)25-26-20-24-13-8-7-12(21)18(22)19(13)30-20/h7-10H,5-6H2,1-4H3,(H,23,28). The van der Waals surface area contributed by atoms with E-state index >= 15 is 0 Å². The quantitative estimate of drug-likeness (QED) is 0.387. The Labute approximate surface area is 188 Å². The number of ether oxygens (including phenoxy) is 1. The minimum Gasteiger partial charge on any atom is -0.494 e. The molecule has 0 saturated heterocycles. The zero-order valence-corrected chi connectivity index (χ0v) is 19.3. The van der Waals surface area contributed by atoms with Crippen molar-refractivity contribution in [3.05, 3.63) is 34.3 Å². The van der Waals surface area contributed by atoms with Crippen LogP contribution in [0.2, 0.25) is 10.0 Å². The lowest BCUT2D eigenvalue weighted by Gasteiger charge is -2.24. The Hall–Kier alpha value is -2.42. The Kier molecular flexibility index (Phi) is 7.12. The number of amides is 1. The van der Waals surface area contributed by atoms with Gasteiger partial charge in [0.05, 0.1) is 38.7 Å². The first kappa shape index (κ1) is 22.3. The molecule has 3 aromatic rings. The van der Waals surface area contributed by atoms with E-state index in [1.165, 1.54) is 18.3 Å². The van der Waals surface area contributed by atoms with Crippen molar-refractivity contribution in [3.63, 3.8) is 0 Å². The predicted octanol–water partition coefficient (Wildman–Crippen LogP) is 6.83. The van der Waals surface area contributed by atoms with E-state index < -0.39 is 0 Å². The maximum Gasteiger partial charge on any atom is 0.231 e. The normalized spacial score (nSPS) is 11.3. The van der Waals surface area contributed by atoms with Crippen molar-refractivity contribution in [2.75, 3.05) is 30.4 Å². The van der Waals surface area contributed by atoms with Crippen LogP contribution in [0.15, 0.2) is 34.5 Å². The van der Waals surface area contributed by atoms with Crippen LogP contribution in [-0.4, -0.2) is 31.1 Å². The number of thiazole rings is 1. The van der Waals surface area contributed by atoms with Crippen molar-refractivity contribution >= 4 is 72.9 Å². The third-order valence-electron chi connectivity index (χ3n) is 4.39. The predicted molar refractivity (Wildman–Crippen MR) is 125 cm³/mol. The van der Waals surface area contributed by atoms with Gasteiger partial charge >= 0.3 is 0 Å². The summed E-state index contributed by atoms with van der Waals surface area (Å²) in [6, 6.07) is 7.07. The molecule has 0 saturated carbocycles. The molecule has 0 spiro atoms. The number of methoxy groups -OCH3 is 1. The molecular weight excluding hydrogens is 445 g/mol. The number of azo groups is 1. The van der Waals surface area contributed by atoms with Gasteiger partial charge in [-0.25, -0.2) is 4.98 Å². The van der Waals surface area contributed by atoms with E-state index in [9.17, 15) is 4.79 Å². The summed E-state index contributed by atoms with van der Waals surface area (Å²) in [6.07, 6.45) is 0. The summed E-state index contributed by atoms with van der Waals surface area (Å²) in [7, 11) is 1.60. The maximum atomic E-state index is 11.7. The van der Waals surface area contributed by atoms with E-state index in [0.717, 1.165) is 23.5 Å². The second kappa shape index (κ2) is 9.59. The maximum absolute atomic E-state index is 11.7. The molecule has 0 unspecified atom stereocenters. The Balaban J connectivity index is 2.05. The lowest BCUT2D eigenvalue weighted by Crippen LogP contribution is -2.22. The first-order chi connectivity index (χ1) is 14.4. The average molecular weight is 466 g/mol. The molecule has 2 aromatic carbocycles. The molecule has 3 rings (SSSR count). The molecule has 158 valence electrons. The molecule has 7 nitrogen and oxygen atoms in total. The van der Waals surface area contributed by atoms with Crippen LogP contribution in [0.5, 0.6) is 5.75 Å². The van der Waals surface area contributed by atoms with Crippen LogP contribution in [-0.2, 0) is 4.79 Å². The van der Waals surface area contributed by atoms with Gasteiger partial charge in [0.25, 0.3) is 0 Å². The number of carbonyl (C=O) groups excluding carboxylic acids is 1. The molecule has 10 heteroatoms. The van der Waals surface area contributed by atoms with Gasteiger partial charge in [0.2, 0.25) is 11.0 Å². The molecule has 0 bridgehead atoms. The van der Waals surface area contributed by atoms with Crippen molar-refractivity contribution in [1.82, 2.24) is 4.98 Å². The number of fused-ring (bicyclic) bond motifs is 1. The number of benzene rings is 2. The minimum absolute atomic E-state index is 0.205. The van der Waals surface area contributed by atoms with Gasteiger partial charge < -0.3 is 15.0 Å². The summed E-state index contributed by atoms with van der Waals surface area (Å²) < 4.78 is 6.30. The Morgan fingerprint density at radius 1 is 1.23 bits per heavy atom. The minimum atomic E-state index is -0.205. The van der Waals surface area contributed by atoms with Crippen LogP contribution in [0.3, 0.4) is 0 Å². The largest absolute Gasteiger partial charge is 0.494 e. The van der Waals surface area contributed by atoms with Gasteiger partial charge in [-0.2, -0.15) is 0 Å². The number of nitrogens with zero attached hydrogens (tertiary/aromatic N) is 4. The lowest BCUT2D eigenvalue weighted by atomic mass is 10.2. The third-order valence-corrected chi connectivity index (χ3v) is 6.28. The van der Waals surface area contributed by atoms with Crippen LogP contribution >= 0.6 is 34.5 Å². The number of nitrogens with one attached hydrogen (secondary N) is 1. The highest BCUT2D eigenvalue weighted by Crippen LogP contribution is 2.41. The molecular formula is C20H21Cl2N5O2S. The summed E-state index contributed by atoms with van der Waals surface area (Å²) in [5.41, 5.74) is 2.56. The number of anilines is 2. The van der Waals surface area contributed by atoms with E-state index in [4.69, 9.17) is 27.9 Å². The van der Waals surface area contributed by atoms with Gasteiger partial charge in [-0.1, -0.05) is 34.5 Å². The number of hydrogen-bond donors (Lipinski definition) is 1. The van der Waals surface area contributed by atoms with E-state index in [2.05, 4.69) is 39.3 Å². The van der Waals surface area contributed by atoms with E-state index in [0.29, 0.717) is 37.8 Å². The SMILES string of the molecule is CCN(CC)c1cc(NC(C)=O)c(N=Nc2nc3ccc(Cl)c(Cl)c3s2)cc1OC. The average Bonchev–Trinajstić information content (AvgIpc) is 3.14. The van der Waals surface area contributed by atoms with Crippen molar-refractivity contribution in [2.24, 2.45) is 10.2 Å². The van der Waals surface area contributed by atoms with Gasteiger partial charge in [0.1, 0.15) is 11.4 Å². The van der Waals surface area contributed by atoms with Crippen molar-refractivity contribution in [1.29, 1.82) is 0 Å². The highest BCUT2D eigenvalue weighted by Gasteiger charge is 2.16. The zero-order chi connectivity index (χ0) is 21.8. The molecule has 1 aromatic heterocycles. The van der Waals surface area contributed by atoms with Crippen LogP contribution in [0, 0.1) is 0 Å². The molecule has 1 N–H and O–H groups in total. The number of rotatable bonds is 7. The second-order valence-corrected chi connectivity index (χ2v) is 8.06. The highest BCUT2D eigenvalue weighted by atomic mass is 35.5. The molecule has 0 aliphatic carbocycles. The van der Waals surface area contributed by atoms with Crippen molar-refractivity contribution in [3.8, 4) is 5.75 Å². The summed E-state index contributed by atoms with van der Waals surface area (Å²) in [6.45, 7) is 7.14. The first-order valence-electron chi connectivity index (χ1n) is 9.28. The van der Waals surface area contributed by atoms with E-state index in [-0.39, 0.29) is 5.91 Å². The van der Waals surface area contributed by atoms with Gasteiger partial charge in [0.15, 0.2) is 0 Å². The molecule has 0 aliphatic heterocycles. The smallest absolute Gasteiger partial charge is 0.231 e.